The monoisotopic (exact) mass is 295 g/mol. The number of hydrogen-bond donors (Lipinski definition) is 1. The number of anilines is 1. The van der Waals surface area contributed by atoms with Crippen LogP contribution in [0.2, 0.25) is 5.02 Å². The van der Waals surface area contributed by atoms with Crippen LogP contribution in [0.15, 0.2) is 30.5 Å². The van der Waals surface area contributed by atoms with E-state index >= 15 is 0 Å². The molecule has 106 valence electrons. The molecule has 2 rings (SSSR count). The fraction of sp³-hybridized carbons (Fsp3) is 0.286. The molecule has 0 fully saturated rings. The molecule has 0 saturated heterocycles. The van der Waals surface area contributed by atoms with Crippen molar-refractivity contribution < 1.29 is 9.13 Å². The van der Waals surface area contributed by atoms with Crippen molar-refractivity contribution in [1.82, 2.24) is 9.97 Å². The van der Waals surface area contributed by atoms with Crippen molar-refractivity contribution in [1.29, 1.82) is 0 Å². The van der Waals surface area contributed by atoms with Crippen molar-refractivity contribution in [3.05, 3.63) is 46.9 Å². The lowest BCUT2D eigenvalue weighted by molar-refractivity contribution is 0.276. The number of halogens is 2. The van der Waals surface area contributed by atoms with E-state index in [0.29, 0.717) is 11.0 Å². The van der Waals surface area contributed by atoms with E-state index in [1.807, 2.05) is 19.1 Å². The summed E-state index contributed by atoms with van der Waals surface area (Å²) < 4.78 is 18.9. The van der Waals surface area contributed by atoms with Crippen molar-refractivity contribution in [2.45, 2.75) is 20.0 Å². The van der Waals surface area contributed by atoms with E-state index in [-0.39, 0.29) is 12.5 Å². The van der Waals surface area contributed by atoms with Crippen LogP contribution in [0.4, 0.5) is 10.3 Å². The van der Waals surface area contributed by atoms with Gasteiger partial charge in [0.25, 0.3) is 5.88 Å². The van der Waals surface area contributed by atoms with Crippen LogP contribution >= 0.6 is 11.6 Å². The van der Waals surface area contributed by atoms with Gasteiger partial charge >= 0.3 is 0 Å². The molecule has 0 amide bonds. The van der Waals surface area contributed by atoms with E-state index in [1.165, 1.54) is 0 Å². The fourth-order valence-corrected chi connectivity index (χ4v) is 1.77. The third-order valence-corrected chi connectivity index (χ3v) is 2.74. The van der Waals surface area contributed by atoms with Gasteiger partial charge in [-0.1, -0.05) is 30.7 Å². The number of rotatable bonds is 6. The molecule has 20 heavy (non-hydrogen) atoms. The van der Waals surface area contributed by atoms with Gasteiger partial charge in [-0.25, -0.2) is 4.98 Å². The highest BCUT2D eigenvalue weighted by molar-refractivity contribution is 6.30. The largest absolute Gasteiger partial charge is 0.471 e. The molecule has 0 atom stereocenters. The lowest BCUT2D eigenvalue weighted by Gasteiger charge is -2.08. The Morgan fingerprint density at radius 1 is 1.40 bits per heavy atom. The van der Waals surface area contributed by atoms with Crippen molar-refractivity contribution >= 4 is 17.5 Å². The third-order valence-electron chi connectivity index (χ3n) is 2.51. The minimum Gasteiger partial charge on any atom is -0.471 e. The molecule has 0 bridgehead atoms. The van der Waals surface area contributed by atoms with Gasteiger partial charge in [-0.2, -0.15) is 9.37 Å². The molecule has 4 nitrogen and oxygen atoms in total. The quantitative estimate of drug-likeness (QED) is 0.883. The maximum atomic E-state index is 13.6. The van der Waals surface area contributed by atoms with Gasteiger partial charge in [0.1, 0.15) is 6.61 Å². The Morgan fingerprint density at radius 2 is 2.25 bits per heavy atom. The van der Waals surface area contributed by atoms with E-state index in [9.17, 15) is 4.39 Å². The topological polar surface area (TPSA) is 47.0 Å². The first-order valence-corrected chi connectivity index (χ1v) is 6.70. The maximum Gasteiger partial charge on any atom is 0.255 e. The molecule has 0 radical (unpaired) electrons. The first kappa shape index (κ1) is 14.5. The predicted octanol–water partition coefficient (Wildman–Crippen LogP) is 3.67. The normalized spacial score (nSPS) is 10.3. The van der Waals surface area contributed by atoms with Gasteiger partial charge < -0.3 is 10.1 Å². The Bertz CT molecular complexity index is 580. The molecule has 1 N–H and O–H groups in total. The zero-order chi connectivity index (χ0) is 14.4. The number of hydrogen-bond acceptors (Lipinski definition) is 4. The Morgan fingerprint density at radius 3 is 3.00 bits per heavy atom. The Hall–Kier alpha value is -1.88. The molecular weight excluding hydrogens is 281 g/mol. The summed E-state index contributed by atoms with van der Waals surface area (Å²) in [6, 6.07) is 7.19. The molecular formula is C14H15ClFN3O. The van der Waals surface area contributed by atoms with Crippen LogP contribution in [0.5, 0.6) is 5.88 Å². The molecule has 0 aliphatic rings. The summed E-state index contributed by atoms with van der Waals surface area (Å²) in [5.41, 5.74) is 0.846. The predicted molar refractivity (Wildman–Crippen MR) is 76.6 cm³/mol. The zero-order valence-electron chi connectivity index (χ0n) is 11.1. The van der Waals surface area contributed by atoms with Crippen LogP contribution in [0.1, 0.15) is 18.9 Å². The van der Waals surface area contributed by atoms with Crippen LogP contribution in [0, 0.1) is 5.82 Å². The van der Waals surface area contributed by atoms with Crippen molar-refractivity contribution in [3.8, 4) is 5.88 Å². The van der Waals surface area contributed by atoms with Crippen molar-refractivity contribution in [2.24, 2.45) is 0 Å². The van der Waals surface area contributed by atoms with Crippen molar-refractivity contribution in [3.63, 3.8) is 0 Å². The van der Waals surface area contributed by atoms with Crippen LogP contribution in [0.25, 0.3) is 0 Å². The van der Waals surface area contributed by atoms with Gasteiger partial charge in [0.05, 0.1) is 6.20 Å². The SMILES string of the molecule is CCCNc1ncc(F)c(OCc2cccc(Cl)c2)n1. The highest BCUT2D eigenvalue weighted by atomic mass is 35.5. The highest BCUT2D eigenvalue weighted by Gasteiger charge is 2.08. The van der Waals surface area contributed by atoms with Gasteiger partial charge in [-0.05, 0) is 24.1 Å². The number of ether oxygens (including phenoxy) is 1. The number of nitrogens with zero attached hydrogens (tertiary/aromatic N) is 2. The van der Waals surface area contributed by atoms with Gasteiger partial charge in [0.15, 0.2) is 0 Å². The summed E-state index contributed by atoms with van der Waals surface area (Å²) in [4.78, 5) is 7.84. The summed E-state index contributed by atoms with van der Waals surface area (Å²) in [6.45, 7) is 2.94. The molecule has 0 spiro atoms. The highest BCUT2D eigenvalue weighted by Crippen LogP contribution is 2.17. The van der Waals surface area contributed by atoms with E-state index in [4.69, 9.17) is 16.3 Å². The average Bonchev–Trinajstić information content (AvgIpc) is 2.45. The molecule has 0 aliphatic heterocycles. The molecule has 2 aromatic rings. The smallest absolute Gasteiger partial charge is 0.255 e. The van der Waals surface area contributed by atoms with Crippen LogP contribution in [-0.2, 0) is 6.61 Å². The summed E-state index contributed by atoms with van der Waals surface area (Å²) in [5.74, 6) is -0.304. The Labute approximate surface area is 122 Å². The minimum absolute atomic E-state index is 0.0708. The second kappa shape index (κ2) is 7.05. The molecule has 0 saturated carbocycles. The second-order valence-electron chi connectivity index (χ2n) is 4.19. The van der Waals surface area contributed by atoms with Crippen LogP contribution in [-0.4, -0.2) is 16.5 Å². The third kappa shape index (κ3) is 4.06. The summed E-state index contributed by atoms with van der Waals surface area (Å²) >= 11 is 5.88. The van der Waals surface area contributed by atoms with E-state index in [0.717, 1.165) is 24.7 Å². The number of benzene rings is 1. The zero-order valence-corrected chi connectivity index (χ0v) is 11.8. The lowest BCUT2D eigenvalue weighted by Crippen LogP contribution is -2.07. The first-order valence-electron chi connectivity index (χ1n) is 6.32. The van der Waals surface area contributed by atoms with Crippen molar-refractivity contribution in [2.75, 3.05) is 11.9 Å². The van der Waals surface area contributed by atoms with Gasteiger partial charge in [-0.3, -0.25) is 0 Å². The van der Waals surface area contributed by atoms with E-state index < -0.39 is 5.82 Å². The van der Waals surface area contributed by atoms with Gasteiger partial charge in [0, 0.05) is 11.6 Å². The average molecular weight is 296 g/mol. The minimum atomic E-state index is -0.589. The standard InChI is InChI=1S/C14H15ClFN3O/c1-2-6-17-14-18-8-12(16)13(19-14)20-9-10-4-3-5-11(15)7-10/h3-5,7-8H,2,6,9H2,1H3,(H,17,18,19). The lowest BCUT2D eigenvalue weighted by atomic mass is 10.2. The van der Waals surface area contributed by atoms with E-state index in [1.54, 1.807) is 12.1 Å². The first-order chi connectivity index (χ1) is 9.69. The maximum absolute atomic E-state index is 13.6. The molecule has 1 aromatic heterocycles. The fourth-order valence-electron chi connectivity index (χ4n) is 1.55. The Balaban J connectivity index is 2.04. The van der Waals surface area contributed by atoms with Crippen LogP contribution < -0.4 is 10.1 Å². The van der Waals surface area contributed by atoms with Gasteiger partial charge in [-0.15, -0.1) is 0 Å². The molecule has 0 aliphatic carbocycles. The molecule has 1 aromatic carbocycles. The molecule has 1 heterocycles. The molecule has 6 heteroatoms. The second-order valence-corrected chi connectivity index (χ2v) is 4.63. The Kier molecular flexibility index (Phi) is 5.12. The van der Waals surface area contributed by atoms with Gasteiger partial charge in [0.2, 0.25) is 11.8 Å². The summed E-state index contributed by atoms with van der Waals surface area (Å²) in [7, 11) is 0. The van der Waals surface area contributed by atoms with E-state index in [2.05, 4.69) is 15.3 Å². The number of aromatic nitrogens is 2. The van der Waals surface area contributed by atoms with Crippen LogP contribution in [0.3, 0.4) is 0 Å². The summed E-state index contributed by atoms with van der Waals surface area (Å²) in [6.07, 6.45) is 2.03. The number of nitrogens with one attached hydrogen (secondary N) is 1. The molecule has 0 unspecified atom stereocenters. The summed E-state index contributed by atoms with van der Waals surface area (Å²) in [5, 5.41) is 3.59.